The van der Waals surface area contributed by atoms with Gasteiger partial charge in [-0.15, -0.1) is 0 Å². The quantitative estimate of drug-likeness (QED) is 0.646. The highest BCUT2D eigenvalue weighted by molar-refractivity contribution is 5.88. The van der Waals surface area contributed by atoms with Crippen LogP contribution in [0.4, 0.5) is 0 Å². The fourth-order valence-electron chi connectivity index (χ4n) is 3.11. The molecule has 2 unspecified atom stereocenters. The SMILES string of the molecule is COC(=O)c1ccc(CNCCC2CCCC(C)C2)nc1. The molecule has 0 saturated heterocycles. The van der Waals surface area contributed by atoms with Gasteiger partial charge in [0.05, 0.1) is 18.4 Å². The fourth-order valence-corrected chi connectivity index (χ4v) is 3.11. The van der Waals surface area contributed by atoms with Crippen LogP contribution in [-0.2, 0) is 11.3 Å². The molecule has 1 aromatic rings. The van der Waals surface area contributed by atoms with E-state index in [2.05, 4.69) is 22.0 Å². The van der Waals surface area contributed by atoms with Crippen LogP contribution in [0.3, 0.4) is 0 Å². The second kappa shape index (κ2) is 8.13. The van der Waals surface area contributed by atoms with Crippen molar-refractivity contribution in [3.05, 3.63) is 29.6 Å². The third-order valence-corrected chi connectivity index (χ3v) is 4.33. The number of hydrogen-bond donors (Lipinski definition) is 1. The first-order valence-electron chi connectivity index (χ1n) is 7.93. The van der Waals surface area contributed by atoms with E-state index in [9.17, 15) is 4.79 Å². The summed E-state index contributed by atoms with van der Waals surface area (Å²) in [6.45, 7) is 4.16. The lowest BCUT2D eigenvalue weighted by atomic mass is 9.81. The summed E-state index contributed by atoms with van der Waals surface area (Å²) in [5, 5.41) is 3.45. The lowest BCUT2D eigenvalue weighted by Crippen LogP contribution is -2.21. The molecule has 1 aliphatic rings. The molecule has 116 valence electrons. The maximum Gasteiger partial charge on any atom is 0.339 e. The molecule has 2 atom stereocenters. The van der Waals surface area contributed by atoms with Crippen LogP contribution in [-0.4, -0.2) is 24.6 Å². The Morgan fingerprint density at radius 3 is 2.95 bits per heavy atom. The third kappa shape index (κ3) is 5.12. The molecule has 0 bridgehead atoms. The normalized spacial score (nSPS) is 22.0. The lowest BCUT2D eigenvalue weighted by Gasteiger charge is -2.26. The minimum atomic E-state index is -0.339. The van der Waals surface area contributed by atoms with Gasteiger partial charge in [-0.3, -0.25) is 4.98 Å². The minimum Gasteiger partial charge on any atom is -0.465 e. The molecule has 2 rings (SSSR count). The Kier molecular flexibility index (Phi) is 6.18. The van der Waals surface area contributed by atoms with Crippen LogP contribution < -0.4 is 5.32 Å². The molecule has 1 aliphatic carbocycles. The number of nitrogens with one attached hydrogen (secondary N) is 1. The van der Waals surface area contributed by atoms with Crippen molar-refractivity contribution in [3.63, 3.8) is 0 Å². The Bertz CT molecular complexity index is 445. The van der Waals surface area contributed by atoms with E-state index in [0.29, 0.717) is 5.56 Å². The van der Waals surface area contributed by atoms with Crippen molar-refractivity contribution in [1.29, 1.82) is 0 Å². The summed E-state index contributed by atoms with van der Waals surface area (Å²) in [7, 11) is 1.38. The first-order chi connectivity index (χ1) is 10.2. The zero-order chi connectivity index (χ0) is 15.1. The Balaban J connectivity index is 1.67. The molecule has 1 aromatic heterocycles. The van der Waals surface area contributed by atoms with E-state index in [0.717, 1.165) is 30.6 Å². The van der Waals surface area contributed by atoms with E-state index in [1.807, 2.05) is 6.07 Å². The predicted molar refractivity (Wildman–Crippen MR) is 83.0 cm³/mol. The van der Waals surface area contributed by atoms with Gasteiger partial charge in [0.1, 0.15) is 0 Å². The molecule has 0 aliphatic heterocycles. The number of pyridine rings is 1. The fraction of sp³-hybridized carbons (Fsp3) is 0.647. The van der Waals surface area contributed by atoms with Gasteiger partial charge in [-0.25, -0.2) is 4.79 Å². The maximum absolute atomic E-state index is 11.3. The van der Waals surface area contributed by atoms with Crippen LogP contribution in [0.5, 0.6) is 0 Å². The van der Waals surface area contributed by atoms with Crippen LogP contribution >= 0.6 is 0 Å². The number of methoxy groups -OCH3 is 1. The molecule has 1 heterocycles. The molecular formula is C17H26N2O2. The number of aromatic nitrogens is 1. The van der Waals surface area contributed by atoms with Crippen molar-refractivity contribution >= 4 is 5.97 Å². The summed E-state index contributed by atoms with van der Waals surface area (Å²) >= 11 is 0. The molecule has 1 N–H and O–H groups in total. The molecule has 0 spiro atoms. The Labute approximate surface area is 127 Å². The van der Waals surface area contributed by atoms with Crippen LogP contribution in [0.25, 0.3) is 0 Å². The van der Waals surface area contributed by atoms with Crippen LogP contribution in [0.1, 0.15) is 55.1 Å². The summed E-state index contributed by atoms with van der Waals surface area (Å²) in [6, 6.07) is 3.64. The van der Waals surface area contributed by atoms with E-state index in [1.54, 1.807) is 12.3 Å². The molecule has 1 saturated carbocycles. The molecule has 0 aromatic carbocycles. The average molecular weight is 290 g/mol. The van der Waals surface area contributed by atoms with Gasteiger partial charge in [-0.2, -0.15) is 0 Å². The average Bonchev–Trinajstić information content (AvgIpc) is 2.51. The van der Waals surface area contributed by atoms with Gasteiger partial charge in [0.15, 0.2) is 0 Å². The molecule has 4 heteroatoms. The van der Waals surface area contributed by atoms with Gasteiger partial charge in [-0.05, 0) is 43.4 Å². The zero-order valence-corrected chi connectivity index (χ0v) is 13.1. The van der Waals surface area contributed by atoms with E-state index in [-0.39, 0.29) is 5.97 Å². The van der Waals surface area contributed by atoms with Crippen molar-refractivity contribution in [2.45, 2.75) is 45.6 Å². The number of ether oxygens (including phenoxy) is 1. The number of nitrogens with zero attached hydrogens (tertiary/aromatic N) is 1. The number of hydrogen-bond acceptors (Lipinski definition) is 4. The van der Waals surface area contributed by atoms with E-state index < -0.39 is 0 Å². The lowest BCUT2D eigenvalue weighted by molar-refractivity contribution is 0.0600. The Morgan fingerprint density at radius 2 is 2.29 bits per heavy atom. The van der Waals surface area contributed by atoms with Gasteiger partial charge < -0.3 is 10.1 Å². The van der Waals surface area contributed by atoms with Gasteiger partial charge >= 0.3 is 5.97 Å². The van der Waals surface area contributed by atoms with Crippen molar-refractivity contribution in [3.8, 4) is 0 Å². The Hall–Kier alpha value is -1.42. The van der Waals surface area contributed by atoms with Crippen LogP contribution in [0, 0.1) is 11.8 Å². The minimum absolute atomic E-state index is 0.339. The zero-order valence-electron chi connectivity index (χ0n) is 13.1. The van der Waals surface area contributed by atoms with Gasteiger partial charge in [0.25, 0.3) is 0 Å². The highest BCUT2D eigenvalue weighted by Gasteiger charge is 2.18. The largest absolute Gasteiger partial charge is 0.465 e. The van der Waals surface area contributed by atoms with E-state index >= 15 is 0 Å². The summed E-state index contributed by atoms with van der Waals surface area (Å²) < 4.78 is 4.66. The molecule has 4 nitrogen and oxygen atoms in total. The first-order valence-corrected chi connectivity index (χ1v) is 7.93. The second-order valence-corrected chi connectivity index (χ2v) is 6.13. The monoisotopic (exact) mass is 290 g/mol. The third-order valence-electron chi connectivity index (χ3n) is 4.33. The number of carbonyl (C=O) groups is 1. The van der Waals surface area contributed by atoms with E-state index in [1.165, 1.54) is 39.2 Å². The number of esters is 1. The molecule has 0 amide bonds. The molecule has 1 fully saturated rings. The number of carbonyl (C=O) groups excluding carboxylic acids is 1. The van der Waals surface area contributed by atoms with Crippen molar-refractivity contribution < 1.29 is 9.53 Å². The standard InChI is InChI=1S/C17H26N2O2/c1-13-4-3-5-14(10-13)8-9-18-12-16-7-6-15(11-19-16)17(20)21-2/h6-7,11,13-14,18H,3-5,8-10,12H2,1-2H3. The predicted octanol–water partition coefficient (Wildman–Crippen LogP) is 3.17. The van der Waals surface area contributed by atoms with Gasteiger partial charge in [0, 0.05) is 12.7 Å². The highest BCUT2D eigenvalue weighted by Crippen LogP contribution is 2.30. The van der Waals surface area contributed by atoms with Crippen molar-refractivity contribution in [2.75, 3.05) is 13.7 Å². The first kappa shape index (κ1) is 16.0. The summed E-state index contributed by atoms with van der Waals surface area (Å²) in [5.74, 6) is 1.45. The number of rotatable bonds is 6. The molecular weight excluding hydrogens is 264 g/mol. The van der Waals surface area contributed by atoms with Crippen LogP contribution in [0.2, 0.25) is 0 Å². The maximum atomic E-state index is 11.3. The summed E-state index contributed by atoms with van der Waals surface area (Å²) in [5.41, 5.74) is 1.46. The van der Waals surface area contributed by atoms with E-state index in [4.69, 9.17) is 0 Å². The molecule has 21 heavy (non-hydrogen) atoms. The van der Waals surface area contributed by atoms with Gasteiger partial charge in [0.2, 0.25) is 0 Å². The molecule has 0 radical (unpaired) electrons. The highest BCUT2D eigenvalue weighted by atomic mass is 16.5. The summed E-state index contributed by atoms with van der Waals surface area (Å²) in [6.07, 6.45) is 8.39. The summed E-state index contributed by atoms with van der Waals surface area (Å²) in [4.78, 5) is 15.6. The van der Waals surface area contributed by atoms with Crippen molar-refractivity contribution in [1.82, 2.24) is 10.3 Å². The topological polar surface area (TPSA) is 51.2 Å². The second-order valence-electron chi connectivity index (χ2n) is 6.13. The van der Waals surface area contributed by atoms with Crippen LogP contribution in [0.15, 0.2) is 18.3 Å². The van der Waals surface area contributed by atoms with Crippen molar-refractivity contribution in [2.24, 2.45) is 11.8 Å². The Morgan fingerprint density at radius 1 is 1.43 bits per heavy atom. The van der Waals surface area contributed by atoms with Gasteiger partial charge in [-0.1, -0.05) is 26.2 Å². The smallest absolute Gasteiger partial charge is 0.339 e.